The monoisotopic (exact) mass is 989 g/mol. The first kappa shape index (κ1) is 66.7. The Morgan fingerprint density at radius 1 is 0.423 bits per heavy atom. The van der Waals surface area contributed by atoms with Crippen molar-refractivity contribution in [2.24, 2.45) is 0 Å². The fourth-order valence-electron chi connectivity index (χ4n) is 7.01. The van der Waals surface area contributed by atoms with Gasteiger partial charge < -0.3 is 28.5 Å². The van der Waals surface area contributed by atoms with Crippen molar-refractivity contribution in [2.75, 3.05) is 47.5 Å². The summed E-state index contributed by atoms with van der Waals surface area (Å²) >= 11 is 0. The van der Waals surface area contributed by atoms with E-state index in [4.69, 9.17) is 18.9 Å². The van der Waals surface area contributed by atoms with Crippen molar-refractivity contribution in [3.8, 4) is 0 Å². The number of allylic oxidation sites excluding steroid dienone is 20. The summed E-state index contributed by atoms with van der Waals surface area (Å²) < 4.78 is 22.8. The number of rotatable bonds is 49. The number of carbonyl (C=O) groups is 3. The number of carbonyl (C=O) groups excluding carboxylic acids is 2. The molecule has 0 bridgehead atoms. The fourth-order valence-corrected chi connectivity index (χ4v) is 7.01. The molecular formula is C62H102NO8+. The number of carboxylic acids is 1. The van der Waals surface area contributed by atoms with Gasteiger partial charge >= 0.3 is 17.9 Å². The van der Waals surface area contributed by atoms with Crippen molar-refractivity contribution in [1.29, 1.82) is 0 Å². The topological polar surface area (TPSA) is 108 Å². The quantitative estimate of drug-likeness (QED) is 0.0211. The molecule has 402 valence electrons. The summed E-state index contributed by atoms with van der Waals surface area (Å²) in [5.74, 6) is -2.05. The molecule has 0 amide bonds. The van der Waals surface area contributed by atoms with Crippen molar-refractivity contribution in [2.45, 2.75) is 206 Å². The van der Waals surface area contributed by atoms with Gasteiger partial charge in [-0.2, -0.15) is 0 Å². The van der Waals surface area contributed by atoms with Gasteiger partial charge in [-0.3, -0.25) is 9.59 Å². The van der Waals surface area contributed by atoms with Crippen molar-refractivity contribution in [1.82, 2.24) is 0 Å². The molecule has 0 fully saturated rings. The van der Waals surface area contributed by atoms with E-state index in [1.54, 1.807) is 0 Å². The number of aliphatic carboxylic acids is 1. The van der Waals surface area contributed by atoms with Crippen LogP contribution in [-0.2, 0) is 33.3 Å². The van der Waals surface area contributed by atoms with Crippen LogP contribution in [0.25, 0.3) is 0 Å². The normalized spacial score (nSPS) is 13.8. The standard InChI is InChI=1S/C62H101NO8/c1-6-8-10-12-14-16-18-20-22-24-26-28-29-30-31-33-35-37-39-41-43-45-47-49-51-53-60(65)71-58(57-70-62(61(66)67)68-55-54-63(3,4)5)56-69-59(64)52-50-48-46-44-42-40-38-36-34-32-27-25-23-21-19-17-15-13-11-9-7-2/h8-11,14-17,20-23,26-28,30-32,36,38,58,62H,6-7,12-13,18-19,24-25,29,33-35,37,39-57H2,1-5H3/p+1/b10-8-,11-9-,16-14-,17-15-,22-20-,23-21-,28-26-,31-30-,32-27-,38-36-. The summed E-state index contributed by atoms with van der Waals surface area (Å²) in [7, 11) is 5.95. The van der Waals surface area contributed by atoms with E-state index in [0.29, 0.717) is 23.9 Å². The van der Waals surface area contributed by atoms with Crippen LogP contribution < -0.4 is 0 Å². The Bertz CT molecular complexity index is 1570. The number of esters is 2. The molecule has 0 saturated heterocycles. The minimum atomic E-state index is -1.52. The Labute approximate surface area is 434 Å². The van der Waals surface area contributed by atoms with Crippen LogP contribution >= 0.6 is 0 Å². The molecule has 0 rings (SSSR count). The van der Waals surface area contributed by atoms with Gasteiger partial charge in [0.05, 0.1) is 34.4 Å². The van der Waals surface area contributed by atoms with E-state index in [1.807, 2.05) is 21.1 Å². The van der Waals surface area contributed by atoms with Crippen LogP contribution in [0.3, 0.4) is 0 Å². The number of carboxylic acid groups (broad SMARTS) is 1. The second kappa shape index (κ2) is 52.0. The zero-order valence-electron chi connectivity index (χ0n) is 45.6. The van der Waals surface area contributed by atoms with Crippen molar-refractivity contribution in [3.05, 3.63) is 122 Å². The number of unbranched alkanes of at least 4 members (excludes halogenated alkanes) is 14. The third kappa shape index (κ3) is 53.3. The van der Waals surface area contributed by atoms with E-state index in [0.717, 1.165) is 122 Å². The molecule has 0 aromatic heterocycles. The largest absolute Gasteiger partial charge is 0.477 e. The average Bonchev–Trinajstić information content (AvgIpc) is 3.34. The first-order valence-corrected chi connectivity index (χ1v) is 27.7. The highest BCUT2D eigenvalue weighted by atomic mass is 16.7. The molecule has 0 heterocycles. The van der Waals surface area contributed by atoms with Crippen LogP contribution in [-0.4, -0.2) is 87.4 Å². The number of ether oxygens (including phenoxy) is 4. The third-order valence-corrected chi connectivity index (χ3v) is 11.2. The zero-order valence-corrected chi connectivity index (χ0v) is 45.6. The molecule has 0 spiro atoms. The number of likely N-dealkylation sites (N-methyl/N-ethyl adjacent to an activating group) is 1. The van der Waals surface area contributed by atoms with Gasteiger partial charge in [-0.15, -0.1) is 0 Å². The summed E-state index contributed by atoms with van der Waals surface area (Å²) in [6, 6.07) is 0. The molecule has 0 aromatic carbocycles. The Balaban J connectivity index is 4.37. The van der Waals surface area contributed by atoms with E-state index >= 15 is 0 Å². The highest BCUT2D eigenvalue weighted by Crippen LogP contribution is 2.14. The molecule has 0 radical (unpaired) electrons. The molecular weight excluding hydrogens is 887 g/mol. The second-order valence-electron chi connectivity index (χ2n) is 19.1. The van der Waals surface area contributed by atoms with Crippen LogP contribution in [0.1, 0.15) is 194 Å². The summed E-state index contributed by atoms with van der Waals surface area (Å²) in [4.78, 5) is 37.4. The summed E-state index contributed by atoms with van der Waals surface area (Å²) in [5, 5.41) is 9.70. The second-order valence-corrected chi connectivity index (χ2v) is 19.1. The molecule has 0 aliphatic rings. The van der Waals surface area contributed by atoms with Crippen LogP contribution in [0.4, 0.5) is 0 Å². The van der Waals surface area contributed by atoms with E-state index in [2.05, 4.69) is 135 Å². The Morgan fingerprint density at radius 2 is 0.761 bits per heavy atom. The molecule has 2 unspecified atom stereocenters. The van der Waals surface area contributed by atoms with Crippen LogP contribution in [0.5, 0.6) is 0 Å². The van der Waals surface area contributed by atoms with Crippen molar-refractivity contribution in [3.63, 3.8) is 0 Å². The van der Waals surface area contributed by atoms with E-state index in [1.165, 1.54) is 32.1 Å². The maximum atomic E-state index is 12.9. The number of hydrogen-bond donors (Lipinski definition) is 1. The highest BCUT2D eigenvalue weighted by Gasteiger charge is 2.25. The van der Waals surface area contributed by atoms with Gasteiger partial charge in [0, 0.05) is 12.8 Å². The molecule has 71 heavy (non-hydrogen) atoms. The molecule has 9 heteroatoms. The van der Waals surface area contributed by atoms with Crippen LogP contribution in [0.2, 0.25) is 0 Å². The molecule has 2 atom stereocenters. The van der Waals surface area contributed by atoms with Gasteiger partial charge in [0.25, 0.3) is 6.29 Å². The average molecular weight is 989 g/mol. The van der Waals surface area contributed by atoms with Crippen LogP contribution in [0.15, 0.2) is 122 Å². The summed E-state index contributed by atoms with van der Waals surface area (Å²) in [5.41, 5.74) is 0. The highest BCUT2D eigenvalue weighted by molar-refractivity contribution is 5.71. The molecule has 9 nitrogen and oxygen atoms in total. The fraction of sp³-hybridized carbons (Fsp3) is 0.629. The van der Waals surface area contributed by atoms with Gasteiger partial charge in [-0.1, -0.05) is 200 Å². The van der Waals surface area contributed by atoms with E-state index in [-0.39, 0.29) is 38.6 Å². The Hall–Kier alpha value is -4.31. The maximum Gasteiger partial charge on any atom is 0.361 e. The lowest BCUT2D eigenvalue weighted by atomic mass is 10.1. The first-order chi connectivity index (χ1) is 34.6. The first-order valence-electron chi connectivity index (χ1n) is 27.7. The summed E-state index contributed by atoms with van der Waals surface area (Å²) in [6.45, 7) is 4.60. The lowest BCUT2D eigenvalue weighted by molar-refractivity contribution is -0.870. The lowest BCUT2D eigenvalue weighted by Gasteiger charge is -2.25. The minimum absolute atomic E-state index is 0.176. The smallest absolute Gasteiger partial charge is 0.361 e. The van der Waals surface area contributed by atoms with Gasteiger partial charge in [0.1, 0.15) is 13.2 Å². The SMILES string of the molecule is CC/C=C\C/C=C\C/C=C\C/C=C\C/C=C\CCCCCCCCCCCC(=O)OC(COC(=O)CCCCCCC/C=C\C/C=C\C/C=C\C/C=C\C/C=C\CC)COC(OCC[N+](C)(C)C)C(=O)O. The Kier molecular flexibility index (Phi) is 48.9. The number of hydrogen-bond acceptors (Lipinski definition) is 7. The van der Waals surface area contributed by atoms with Crippen molar-refractivity contribution < 1.29 is 42.9 Å². The molecule has 0 aliphatic carbocycles. The molecule has 0 aliphatic heterocycles. The molecule has 0 aromatic rings. The number of nitrogens with zero attached hydrogens (tertiary/aromatic N) is 1. The Morgan fingerprint density at radius 3 is 1.13 bits per heavy atom. The predicted molar refractivity (Wildman–Crippen MR) is 299 cm³/mol. The zero-order chi connectivity index (χ0) is 52.0. The minimum Gasteiger partial charge on any atom is -0.477 e. The summed E-state index contributed by atoms with van der Waals surface area (Å²) in [6.07, 6.45) is 69.7. The van der Waals surface area contributed by atoms with Gasteiger partial charge in [-0.25, -0.2) is 4.79 Å². The lowest BCUT2D eigenvalue weighted by Crippen LogP contribution is -2.40. The van der Waals surface area contributed by atoms with Gasteiger partial charge in [-0.05, 0) is 103 Å². The van der Waals surface area contributed by atoms with E-state index in [9.17, 15) is 19.5 Å². The van der Waals surface area contributed by atoms with Crippen molar-refractivity contribution >= 4 is 17.9 Å². The van der Waals surface area contributed by atoms with Gasteiger partial charge in [0.2, 0.25) is 0 Å². The van der Waals surface area contributed by atoms with Gasteiger partial charge in [0.15, 0.2) is 6.10 Å². The van der Waals surface area contributed by atoms with Crippen LogP contribution in [0, 0.1) is 0 Å². The third-order valence-electron chi connectivity index (χ3n) is 11.2. The maximum absolute atomic E-state index is 12.9. The predicted octanol–water partition coefficient (Wildman–Crippen LogP) is 16.1. The van der Waals surface area contributed by atoms with E-state index < -0.39 is 24.3 Å². The number of quaternary nitrogens is 1. The molecule has 1 N–H and O–H groups in total. The molecule has 0 saturated carbocycles.